The van der Waals surface area contributed by atoms with Crippen LogP contribution in [-0.4, -0.2) is 37.0 Å². The first kappa shape index (κ1) is 22.9. The molecule has 2 aromatic rings. The molecule has 160 valence electrons. The Balaban J connectivity index is 1.85. The topological polar surface area (TPSA) is 93.7 Å². The van der Waals surface area contributed by atoms with Crippen LogP contribution < -0.4 is 15.4 Å². The monoisotopic (exact) mass is 412 g/mol. The molecule has 2 rings (SSSR count). The van der Waals surface area contributed by atoms with E-state index in [0.29, 0.717) is 23.6 Å². The third kappa shape index (κ3) is 6.34. The molecule has 0 bridgehead atoms. The maximum absolute atomic E-state index is 12.4. The molecule has 30 heavy (non-hydrogen) atoms. The average molecular weight is 412 g/mol. The lowest BCUT2D eigenvalue weighted by atomic mass is 10.0. The maximum Gasteiger partial charge on any atom is 0.326 e. The van der Waals surface area contributed by atoms with Gasteiger partial charge in [0.05, 0.1) is 6.61 Å². The SMILES string of the molecule is CCOc1ccc(C(=O)NCC(=O)O[C@@H](C)C(=O)Nc2c(C)cc(C)cc2C)cc1. The van der Waals surface area contributed by atoms with E-state index in [4.69, 9.17) is 9.47 Å². The summed E-state index contributed by atoms with van der Waals surface area (Å²) < 4.78 is 10.5. The number of rotatable bonds is 8. The van der Waals surface area contributed by atoms with Crippen molar-refractivity contribution in [3.63, 3.8) is 0 Å². The Morgan fingerprint density at radius 3 is 2.17 bits per heavy atom. The Labute approximate surface area is 176 Å². The largest absolute Gasteiger partial charge is 0.494 e. The number of hydrogen-bond donors (Lipinski definition) is 2. The molecule has 7 heteroatoms. The summed E-state index contributed by atoms with van der Waals surface area (Å²) in [4.78, 5) is 36.6. The summed E-state index contributed by atoms with van der Waals surface area (Å²) >= 11 is 0. The molecule has 1 atom stereocenters. The zero-order valence-corrected chi connectivity index (χ0v) is 18.0. The van der Waals surface area contributed by atoms with Crippen LogP contribution in [0.3, 0.4) is 0 Å². The highest BCUT2D eigenvalue weighted by molar-refractivity contribution is 5.98. The van der Waals surface area contributed by atoms with Crippen molar-refractivity contribution >= 4 is 23.5 Å². The van der Waals surface area contributed by atoms with Crippen LogP contribution in [0, 0.1) is 20.8 Å². The predicted octanol–water partition coefficient (Wildman–Crippen LogP) is 3.31. The number of benzene rings is 2. The van der Waals surface area contributed by atoms with Gasteiger partial charge in [0.25, 0.3) is 11.8 Å². The summed E-state index contributed by atoms with van der Waals surface area (Å²) in [7, 11) is 0. The molecule has 0 aromatic heterocycles. The van der Waals surface area contributed by atoms with Crippen molar-refractivity contribution < 1.29 is 23.9 Å². The smallest absolute Gasteiger partial charge is 0.326 e. The number of anilines is 1. The normalized spacial score (nSPS) is 11.4. The zero-order valence-electron chi connectivity index (χ0n) is 18.0. The highest BCUT2D eigenvalue weighted by Gasteiger charge is 2.20. The van der Waals surface area contributed by atoms with Crippen LogP contribution in [0.5, 0.6) is 5.75 Å². The number of ether oxygens (including phenoxy) is 2. The van der Waals surface area contributed by atoms with E-state index < -0.39 is 23.9 Å². The number of nitrogens with one attached hydrogen (secondary N) is 2. The van der Waals surface area contributed by atoms with Crippen LogP contribution >= 0.6 is 0 Å². The van der Waals surface area contributed by atoms with Gasteiger partial charge in [-0.2, -0.15) is 0 Å². The van der Waals surface area contributed by atoms with Gasteiger partial charge in [0.1, 0.15) is 12.3 Å². The number of esters is 1. The molecular formula is C23H28N2O5. The predicted molar refractivity (Wildman–Crippen MR) is 115 cm³/mol. The Bertz CT molecular complexity index is 899. The molecule has 0 spiro atoms. The van der Waals surface area contributed by atoms with E-state index in [-0.39, 0.29) is 6.54 Å². The molecule has 0 aliphatic carbocycles. The molecule has 0 aliphatic rings. The van der Waals surface area contributed by atoms with Gasteiger partial charge in [-0.05, 0) is 70.0 Å². The lowest BCUT2D eigenvalue weighted by Crippen LogP contribution is -2.36. The lowest BCUT2D eigenvalue weighted by molar-refractivity contribution is -0.152. The van der Waals surface area contributed by atoms with E-state index in [1.165, 1.54) is 6.92 Å². The Morgan fingerprint density at radius 1 is 1.00 bits per heavy atom. The van der Waals surface area contributed by atoms with E-state index in [1.54, 1.807) is 24.3 Å². The third-order valence-corrected chi connectivity index (χ3v) is 4.42. The van der Waals surface area contributed by atoms with Gasteiger partial charge in [-0.25, -0.2) is 0 Å². The summed E-state index contributed by atoms with van der Waals surface area (Å²) in [6.07, 6.45) is -1.00. The molecule has 2 aromatic carbocycles. The Morgan fingerprint density at radius 2 is 1.60 bits per heavy atom. The van der Waals surface area contributed by atoms with E-state index in [9.17, 15) is 14.4 Å². The molecule has 0 saturated heterocycles. The Kier molecular flexibility index (Phi) is 7.98. The van der Waals surface area contributed by atoms with Crippen LogP contribution in [0.1, 0.15) is 40.9 Å². The minimum Gasteiger partial charge on any atom is -0.494 e. The lowest BCUT2D eigenvalue weighted by Gasteiger charge is -2.17. The fourth-order valence-electron chi connectivity index (χ4n) is 3.02. The number of aryl methyl sites for hydroxylation is 3. The van der Waals surface area contributed by atoms with Crippen molar-refractivity contribution in [3.05, 3.63) is 58.7 Å². The number of carbonyl (C=O) groups is 3. The van der Waals surface area contributed by atoms with Crippen LogP contribution in [-0.2, 0) is 14.3 Å². The fraction of sp³-hybridized carbons (Fsp3) is 0.348. The first-order valence-corrected chi connectivity index (χ1v) is 9.80. The molecule has 0 fully saturated rings. The van der Waals surface area contributed by atoms with Gasteiger partial charge in [0, 0.05) is 11.3 Å². The number of hydrogen-bond acceptors (Lipinski definition) is 5. The minimum absolute atomic E-state index is 0.341. The van der Waals surface area contributed by atoms with E-state index >= 15 is 0 Å². The van der Waals surface area contributed by atoms with Gasteiger partial charge in [-0.3, -0.25) is 14.4 Å². The van der Waals surface area contributed by atoms with Gasteiger partial charge < -0.3 is 20.1 Å². The van der Waals surface area contributed by atoms with Crippen molar-refractivity contribution in [2.75, 3.05) is 18.5 Å². The summed E-state index contributed by atoms with van der Waals surface area (Å²) in [5.41, 5.74) is 4.06. The molecule has 2 N–H and O–H groups in total. The zero-order chi connectivity index (χ0) is 22.3. The standard InChI is InChI=1S/C23H28N2O5/c1-6-29-19-9-7-18(8-10-19)23(28)24-13-20(26)30-17(5)22(27)25-21-15(3)11-14(2)12-16(21)4/h7-12,17H,6,13H2,1-5H3,(H,24,28)(H,25,27)/t17-/m0/s1. The van der Waals surface area contributed by atoms with Crippen LogP contribution in [0.4, 0.5) is 5.69 Å². The summed E-state index contributed by atoms with van der Waals surface area (Å²) in [5.74, 6) is -0.893. The highest BCUT2D eigenvalue weighted by atomic mass is 16.5. The van der Waals surface area contributed by atoms with Gasteiger partial charge in [-0.15, -0.1) is 0 Å². The maximum atomic E-state index is 12.4. The molecule has 7 nitrogen and oxygen atoms in total. The average Bonchev–Trinajstić information content (AvgIpc) is 2.69. The molecule has 0 saturated carbocycles. The highest BCUT2D eigenvalue weighted by Crippen LogP contribution is 2.22. The van der Waals surface area contributed by atoms with Crippen molar-refractivity contribution in [1.29, 1.82) is 0 Å². The Hall–Kier alpha value is -3.35. The van der Waals surface area contributed by atoms with Gasteiger partial charge in [0.2, 0.25) is 0 Å². The fourth-order valence-corrected chi connectivity index (χ4v) is 3.02. The van der Waals surface area contributed by atoms with Gasteiger partial charge >= 0.3 is 5.97 Å². The van der Waals surface area contributed by atoms with Crippen LogP contribution in [0.2, 0.25) is 0 Å². The third-order valence-electron chi connectivity index (χ3n) is 4.42. The van der Waals surface area contributed by atoms with Crippen molar-refractivity contribution in [1.82, 2.24) is 5.32 Å². The van der Waals surface area contributed by atoms with Crippen LogP contribution in [0.15, 0.2) is 36.4 Å². The summed E-state index contributed by atoms with van der Waals surface area (Å²) in [6, 6.07) is 10.5. The molecular weight excluding hydrogens is 384 g/mol. The molecule has 0 radical (unpaired) electrons. The first-order chi connectivity index (χ1) is 14.2. The summed E-state index contributed by atoms with van der Waals surface area (Å²) in [6.45, 7) is 9.35. The van der Waals surface area contributed by atoms with Crippen LogP contribution in [0.25, 0.3) is 0 Å². The van der Waals surface area contributed by atoms with E-state index in [0.717, 1.165) is 16.7 Å². The van der Waals surface area contributed by atoms with E-state index in [2.05, 4.69) is 10.6 Å². The summed E-state index contributed by atoms with van der Waals surface area (Å²) in [5, 5.41) is 5.28. The molecule has 0 unspecified atom stereocenters. The van der Waals surface area contributed by atoms with E-state index in [1.807, 2.05) is 39.8 Å². The second kappa shape index (κ2) is 10.4. The van der Waals surface area contributed by atoms with Gasteiger partial charge in [0.15, 0.2) is 6.10 Å². The number of carbonyl (C=O) groups excluding carboxylic acids is 3. The first-order valence-electron chi connectivity index (χ1n) is 9.80. The van der Waals surface area contributed by atoms with Crippen molar-refractivity contribution in [2.45, 2.75) is 40.7 Å². The molecule has 0 aliphatic heterocycles. The number of amides is 2. The minimum atomic E-state index is -1.00. The van der Waals surface area contributed by atoms with Gasteiger partial charge in [-0.1, -0.05) is 17.7 Å². The van der Waals surface area contributed by atoms with Crippen molar-refractivity contribution in [2.24, 2.45) is 0 Å². The van der Waals surface area contributed by atoms with Crippen molar-refractivity contribution in [3.8, 4) is 5.75 Å². The molecule has 2 amide bonds. The second-order valence-corrected chi connectivity index (χ2v) is 7.04. The quantitative estimate of drug-likeness (QED) is 0.649. The second-order valence-electron chi connectivity index (χ2n) is 7.04. The molecule has 0 heterocycles.